The minimum atomic E-state index is -0.450. The molecule has 1 N–H and O–H groups in total. The number of nitrogens with zero attached hydrogens (tertiary/aromatic N) is 3. The second kappa shape index (κ2) is 4.92. The number of nitro benzene ring substituents is 1. The molecule has 0 bridgehead atoms. The summed E-state index contributed by atoms with van der Waals surface area (Å²) in [6.07, 6.45) is 0. The van der Waals surface area contributed by atoms with Crippen LogP contribution in [0.1, 0.15) is 18.9 Å². The molecule has 18 heavy (non-hydrogen) atoms. The van der Waals surface area contributed by atoms with Crippen molar-refractivity contribution >= 4 is 5.69 Å². The quantitative estimate of drug-likeness (QED) is 0.656. The summed E-state index contributed by atoms with van der Waals surface area (Å²) in [4.78, 5) is 14.3. The zero-order valence-corrected chi connectivity index (χ0v) is 9.95. The van der Waals surface area contributed by atoms with Crippen molar-refractivity contribution in [2.75, 3.05) is 7.05 Å². The van der Waals surface area contributed by atoms with Crippen molar-refractivity contribution in [2.24, 2.45) is 0 Å². The van der Waals surface area contributed by atoms with Crippen LogP contribution in [0.4, 0.5) is 5.69 Å². The summed E-state index contributed by atoms with van der Waals surface area (Å²) in [5, 5.41) is 17.3. The Labute approximate surface area is 103 Å². The van der Waals surface area contributed by atoms with Gasteiger partial charge in [0.25, 0.3) is 5.69 Å². The molecule has 7 nitrogen and oxygen atoms in total. The van der Waals surface area contributed by atoms with E-state index in [2.05, 4.69) is 15.5 Å². The van der Waals surface area contributed by atoms with Crippen LogP contribution in [0.2, 0.25) is 0 Å². The zero-order chi connectivity index (χ0) is 13.1. The minimum absolute atomic E-state index is 0.0334. The summed E-state index contributed by atoms with van der Waals surface area (Å²) in [6.45, 7) is 1.90. The van der Waals surface area contributed by atoms with Gasteiger partial charge in [-0.3, -0.25) is 10.1 Å². The molecule has 0 fully saturated rings. The number of nitro groups is 1. The Balaban J connectivity index is 2.26. The van der Waals surface area contributed by atoms with Crippen molar-refractivity contribution in [3.63, 3.8) is 0 Å². The summed E-state index contributed by atoms with van der Waals surface area (Å²) in [7, 11) is 1.79. The number of benzene rings is 1. The molecule has 0 radical (unpaired) electrons. The van der Waals surface area contributed by atoms with Crippen molar-refractivity contribution in [2.45, 2.75) is 13.0 Å². The van der Waals surface area contributed by atoms with Crippen LogP contribution in [-0.4, -0.2) is 22.1 Å². The van der Waals surface area contributed by atoms with Gasteiger partial charge in [0.1, 0.15) is 0 Å². The predicted octanol–water partition coefficient (Wildman–Crippen LogP) is 1.93. The summed E-state index contributed by atoms with van der Waals surface area (Å²) in [5.41, 5.74) is 0.713. The highest BCUT2D eigenvalue weighted by molar-refractivity contribution is 5.56. The van der Waals surface area contributed by atoms with Gasteiger partial charge in [-0.2, -0.15) is 4.98 Å². The van der Waals surface area contributed by atoms with Gasteiger partial charge in [0.2, 0.25) is 11.7 Å². The maximum Gasteiger partial charge on any atom is 0.269 e. The fraction of sp³-hybridized carbons (Fsp3) is 0.273. The zero-order valence-electron chi connectivity index (χ0n) is 9.95. The molecule has 2 rings (SSSR count). The van der Waals surface area contributed by atoms with E-state index in [0.717, 1.165) is 0 Å². The van der Waals surface area contributed by atoms with Crippen molar-refractivity contribution in [1.82, 2.24) is 15.5 Å². The molecule has 7 heteroatoms. The summed E-state index contributed by atoms with van der Waals surface area (Å²) >= 11 is 0. The van der Waals surface area contributed by atoms with Gasteiger partial charge in [0.15, 0.2) is 0 Å². The SMILES string of the molecule is CNC(C)c1nc(-c2ccc([N+](=O)[O-])cc2)no1. The van der Waals surface area contributed by atoms with Gasteiger partial charge < -0.3 is 9.84 Å². The lowest BCUT2D eigenvalue weighted by molar-refractivity contribution is -0.384. The monoisotopic (exact) mass is 248 g/mol. The van der Waals surface area contributed by atoms with Crippen LogP contribution >= 0.6 is 0 Å². The van der Waals surface area contributed by atoms with Crippen molar-refractivity contribution < 1.29 is 9.45 Å². The standard InChI is InChI=1S/C11H12N4O3/c1-7(12-2)11-13-10(14-18-11)8-3-5-9(6-4-8)15(16)17/h3-7,12H,1-2H3. The predicted molar refractivity (Wildman–Crippen MR) is 63.9 cm³/mol. The van der Waals surface area contributed by atoms with Crippen LogP contribution < -0.4 is 5.32 Å². The van der Waals surface area contributed by atoms with E-state index in [-0.39, 0.29) is 11.7 Å². The van der Waals surface area contributed by atoms with Gasteiger partial charge in [0, 0.05) is 17.7 Å². The van der Waals surface area contributed by atoms with Crippen molar-refractivity contribution in [3.8, 4) is 11.4 Å². The fourth-order valence-corrected chi connectivity index (χ4v) is 1.38. The molecule has 0 spiro atoms. The van der Waals surface area contributed by atoms with E-state index in [1.165, 1.54) is 12.1 Å². The molecule has 0 aliphatic rings. The van der Waals surface area contributed by atoms with Gasteiger partial charge >= 0.3 is 0 Å². The topological polar surface area (TPSA) is 94.1 Å². The van der Waals surface area contributed by atoms with E-state index in [9.17, 15) is 10.1 Å². The molecule has 0 saturated carbocycles. The smallest absolute Gasteiger partial charge is 0.269 e. The van der Waals surface area contributed by atoms with E-state index in [1.807, 2.05) is 6.92 Å². The molecule has 1 unspecified atom stereocenters. The Morgan fingerprint density at radius 3 is 2.61 bits per heavy atom. The van der Waals surface area contributed by atoms with Gasteiger partial charge in [-0.25, -0.2) is 0 Å². The Morgan fingerprint density at radius 1 is 1.39 bits per heavy atom. The molecule has 1 aromatic heterocycles. The molecule has 2 aromatic rings. The maximum atomic E-state index is 10.5. The molecule has 0 saturated heterocycles. The molecule has 0 aliphatic carbocycles. The summed E-state index contributed by atoms with van der Waals surface area (Å²) in [6, 6.07) is 5.97. The third-order valence-corrected chi connectivity index (χ3v) is 2.58. The van der Waals surface area contributed by atoms with Crippen molar-refractivity contribution in [1.29, 1.82) is 0 Å². The second-order valence-corrected chi connectivity index (χ2v) is 3.77. The van der Waals surface area contributed by atoms with E-state index >= 15 is 0 Å². The largest absolute Gasteiger partial charge is 0.337 e. The van der Waals surface area contributed by atoms with Crippen LogP contribution in [0.3, 0.4) is 0 Å². The highest BCUT2D eigenvalue weighted by atomic mass is 16.6. The fourth-order valence-electron chi connectivity index (χ4n) is 1.38. The summed E-state index contributed by atoms with van der Waals surface area (Å²) in [5.74, 6) is 0.896. The van der Waals surface area contributed by atoms with Crippen LogP contribution in [0.15, 0.2) is 28.8 Å². The molecule has 1 atom stereocenters. The molecule has 0 aliphatic heterocycles. The molecule has 0 amide bonds. The average Bonchev–Trinajstić information content (AvgIpc) is 2.87. The first-order valence-electron chi connectivity index (χ1n) is 5.37. The molecular weight excluding hydrogens is 236 g/mol. The third kappa shape index (κ3) is 2.35. The number of nitrogens with one attached hydrogen (secondary N) is 1. The van der Waals surface area contributed by atoms with Crippen LogP contribution in [0.5, 0.6) is 0 Å². The average molecular weight is 248 g/mol. The van der Waals surface area contributed by atoms with Crippen LogP contribution in [0.25, 0.3) is 11.4 Å². The minimum Gasteiger partial charge on any atom is -0.337 e. The second-order valence-electron chi connectivity index (χ2n) is 3.77. The summed E-state index contributed by atoms with van der Waals surface area (Å²) < 4.78 is 5.09. The van der Waals surface area contributed by atoms with E-state index in [1.54, 1.807) is 19.2 Å². The van der Waals surface area contributed by atoms with Gasteiger partial charge in [-0.15, -0.1) is 0 Å². The Kier molecular flexibility index (Phi) is 3.33. The van der Waals surface area contributed by atoms with E-state index < -0.39 is 4.92 Å². The number of hydrogen-bond donors (Lipinski definition) is 1. The normalized spacial score (nSPS) is 12.3. The maximum absolute atomic E-state index is 10.5. The Morgan fingerprint density at radius 2 is 2.06 bits per heavy atom. The van der Waals surface area contributed by atoms with Gasteiger partial charge in [-0.05, 0) is 26.1 Å². The van der Waals surface area contributed by atoms with Crippen molar-refractivity contribution in [3.05, 3.63) is 40.3 Å². The lowest BCUT2D eigenvalue weighted by Gasteiger charge is -2.01. The third-order valence-electron chi connectivity index (χ3n) is 2.58. The van der Waals surface area contributed by atoms with Gasteiger partial charge in [0.05, 0.1) is 11.0 Å². The highest BCUT2D eigenvalue weighted by Crippen LogP contribution is 2.21. The van der Waals surface area contributed by atoms with Gasteiger partial charge in [-0.1, -0.05) is 5.16 Å². The van der Waals surface area contributed by atoms with Crippen LogP contribution in [0, 0.1) is 10.1 Å². The first-order chi connectivity index (χ1) is 8.61. The molecule has 1 aromatic carbocycles. The molecular formula is C11H12N4O3. The number of rotatable bonds is 4. The first-order valence-corrected chi connectivity index (χ1v) is 5.37. The lowest BCUT2D eigenvalue weighted by Crippen LogP contribution is -2.12. The Hall–Kier alpha value is -2.28. The van der Waals surface area contributed by atoms with E-state index in [4.69, 9.17) is 4.52 Å². The van der Waals surface area contributed by atoms with Crippen LogP contribution in [-0.2, 0) is 0 Å². The Bertz CT molecular complexity index is 550. The number of non-ortho nitro benzene ring substituents is 1. The molecule has 94 valence electrons. The number of aromatic nitrogens is 2. The number of hydrogen-bond acceptors (Lipinski definition) is 6. The molecule has 1 heterocycles. The van der Waals surface area contributed by atoms with E-state index in [0.29, 0.717) is 17.3 Å². The lowest BCUT2D eigenvalue weighted by atomic mass is 10.2. The first kappa shape index (κ1) is 12.2. The highest BCUT2D eigenvalue weighted by Gasteiger charge is 2.14.